The Morgan fingerprint density at radius 3 is 2.66 bits per heavy atom. The summed E-state index contributed by atoms with van der Waals surface area (Å²) in [6.45, 7) is 3.73. The summed E-state index contributed by atoms with van der Waals surface area (Å²) in [5.41, 5.74) is 1.47. The molecule has 0 unspecified atom stereocenters. The number of carbonyl (C=O) groups excluding carboxylic acids is 2. The van der Waals surface area contributed by atoms with Crippen molar-refractivity contribution in [3.63, 3.8) is 0 Å². The van der Waals surface area contributed by atoms with Crippen molar-refractivity contribution in [3.05, 3.63) is 71.4 Å². The molecule has 0 radical (unpaired) electrons. The van der Waals surface area contributed by atoms with E-state index in [0.29, 0.717) is 48.8 Å². The van der Waals surface area contributed by atoms with Gasteiger partial charge in [0.15, 0.2) is 5.76 Å². The summed E-state index contributed by atoms with van der Waals surface area (Å²) in [5, 5.41) is 17.3. The van der Waals surface area contributed by atoms with Crippen LogP contribution in [0.3, 0.4) is 0 Å². The highest BCUT2D eigenvalue weighted by Gasteiger charge is 2.27. The summed E-state index contributed by atoms with van der Waals surface area (Å²) in [7, 11) is 0. The predicted molar refractivity (Wildman–Crippen MR) is 135 cm³/mol. The third-order valence-electron chi connectivity index (χ3n) is 6.08. The van der Waals surface area contributed by atoms with Crippen LogP contribution in [0.15, 0.2) is 65.2 Å². The number of anilines is 1. The van der Waals surface area contributed by atoms with E-state index in [1.807, 2.05) is 42.3 Å². The third kappa shape index (κ3) is 4.97. The molecule has 4 aromatic rings. The number of aliphatic hydroxyl groups excluding tert-OH is 1. The zero-order chi connectivity index (χ0) is 24.4. The number of aromatic nitrogens is 1. The minimum atomic E-state index is -0.301. The predicted octanol–water partition coefficient (Wildman–Crippen LogP) is 4.64. The van der Waals surface area contributed by atoms with Crippen LogP contribution in [0.25, 0.3) is 21.5 Å². The number of rotatable bonds is 6. The molecule has 9 heteroatoms. The molecule has 2 N–H and O–H groups in total. The van der Waals surface area contributed by atoms with E-state index in [0.717, 1.165) is 15.8 Å². The maximum absolute atomic E-state index is 13.1. The monoisotopic (exact) mass is 490 g/mol. The standard InChI is InChI=1S/C26H26N4O4S/c1-2-30(29-14-11-20(31)12-15-29)26(33)22-10-9-21(34-22)17-5-7-19(8-6-17)28-24(32)23-16-18-4-3-13-27-25(18)35-23/h3-10,13,16,20,31H,2,11-12,14-15H2,1H3,(H,28,32). The molecule has 1 aromatic carbocycles. The van der Waals surface area contributed by atoms with Crippen LogP contribution >= 0.6 is 11.3 Å². The first kappa shape index (κ1) is 23.2. The van der Waals surface area contributed by atoms with Crippen LogP contribution in [0.1, 0.15) is 40.0 Å². The van der Waals surface area contributed by atoms with Gasteiger partial charge in [-0.25, -0.2) is 9.99 Å². The lowest BCUT2D eigenvalue weighted by Gasteiger charge is -2.37. The number of hydrogen-bond acceptors (Lipinski definition) is 7. The van der Waals surface area contributed by atoms with Crippen molar-refractivity contribution in [2.75, 3.05) is 25.0 Å². The summed E-state index contributed by atoms with van der Waals surface area (Å²) in [4.78, 5) is 31.4. The first-order valence-electron chi connectivity index (χ1n) is 11.6. The number of furan rings is 1. The zero-order valence-corrected chi connectivity index (χ0v) is 20.1. The van der Waals surface area contributed by atoms with Gasteiger partial charge in [-0.1, -0.05) is 6.07 Å². The molecule has 8 nitrogen and oxygen atoms in total. The molecule has 0 bridgehead atoms. The number of aliphatic hydroxyl groups is 1. The van der Waals surface area contributed by atoms with Gasteiger partial charge in [0, 0.05) is 42.5 Å². The maximum atomic E-state index is 13.1. The van der Waals surface area contributed by atoms with Crippen molar-refractivity contribution in [1.29, 1.82) is 0 Å². The smallest absolute Gasteiger partial charge is 0.303 e. The summed E-state index contributed by atoms with van der Waals surface area (Å²) in [6.07, 6.45) is 2.71. The molecule has 5 rings (SSSR count). The molecular formula is C26H26N4O4S. The van der Waals surface area contributed by atoms with Crippen molar-refractivity contribution >= 4 is 39.1 Å². The number of pyridine rings is 1. The zero-order valence-electron chi connectivity index (χ0n) is 19.3. The van der Waals surface area contributed by atoms with Crippen LogP contribution in [0.2, 0.25) is 0 Å². The largest absolute Gasteiger partial charge is 0.451 e. The third-order valence-corrected chi connectivity index (χ3v) is 7.14. The van der Waals surface area contributed by atoms with E-state index in [4.69, 9.17) is 4.42 Å². The van der Waals surface area contributed by atoms with E-state index in [1.165, 1.54) is 11.3 Å². The number of thiophene rings is 1. The molecule has 0 atom stereocenters. The lowest BCUT2D eigenvalue weighted by molar-refractivity contribution is -0.0434. The second-order valence-corrected chi connectivity index (χ2v) is 9.44. The van der Waals surface area contributed by atoms with Gasteiger partial charge in [-0.15, -0.1) is 11.3 Å². The van der Waals surface area contributed by atoms with Gasteiger partial charge >= 0.3 is 5.91 Å². The number of hydrazine groups is 1. The van der Waals surface area contributed by atoms with Crippen LogP contribution in [-0.2, 0) is 0 Å². The average Bonchev–Trinajstić information content (AvgIpc) is 3.54. The minimum absolute atomic E-state index is 0.184. The van der Waals surface area contributed by atoms with Crippen molar-refractivity contribution in [2.24, 2.45) is 0 Å². The van der Waals surface area contributed by atoms with Gasteiger partial charge in [0.05, 0.1) is 11.0 Å². The first-order valence-corrected chi connectivity index (χ1v) is 12.4. The molecule has 2 amide bonds. The Morgan fingerprint density at radius 1 is 1.17 bits per heavy atom. The SMILES string of the molecule is CCN(C(=O)c1ccc(-c2ccc(NC(=O)c3cc4cccnc4s3)cc2)o1)N1CCC(O)CC1. The van der Waals surface area contributed by atoms with E-state index >= 15 is 0 Å². The highest BCUT2D eigenvalue weighted by Crippen LogP contribution is 2.27. The quantitative estimate of drug-likeness (QED) is 0.409. The first-order chi connectivity index (χ1) is 17.0. The molecule has 4 heterocycles. The van der Waals surface area contributed by atoms with Crippen LogP contribution in [-0.4, -0.2) is 57.7 Å². The number of fused-ring (bicyclic) bond motifs is 1. The Hall–Kier alpha value is -3.53. The Kier molecular flexibility index (Phi) is 6.63. The van der Waals surface area contributed by atoms with Crippen molar-refractivity contribution < 1.29 is 19.1 Å². The highest BCUT2D eigenvalue weighted by atomic mass is 32.1. The molecule has 180 valence electrons. The van der Waals surface area contributed by atoms with Crippen LogP contribution in [0.4, 0.5) is 5.69 Å². The second kappa shape index (κ2) is 9.99. The van der Waals surface area contributed by atoms with Crippen LogP contribution in [0, 0.1) is 0 Å². The number of hydrogen-bond donors (Lipinski definition) is 2. The molecule has 3 aromatic heterocycles. The van der Waals surface area contributed by atoms with Crippen LogP contribution < -0.4 is 5.32 Å². The molecule has 1 saturated heterocycles. The van der Waals surface area contributed by atoms with E-state index in [2.05, 4.69) is 10.3 Å². The van der Waals surface area contributed by atoms with Gasteiger partial charge < -0.3 is 14.8 Å². The topological polar surface area (TPSA) is 98.9 Å². The fraction of sp³-hybridized carbons (Fsp3) is 0.269. The van der Waals surface area contributed by atoms with E-state index in [9.17, 15) is 14.7 Å². The second-order valence-electron chi connectivity index (χ2n) is 8.41. The van der Waals surface area contributed by atoms with Crippen molar-refractivity contribution in [3.8, 4) is 11.3 Å². The summed E-state index contributed by atoms with van der Waals surface area (Å²) >= 11 is 1.35. The van der Waals surface area contributed by atoms with Gasteiger partial charge in [0.1, 0.15) is 10.6 Å². The molecule has 35 heavy (non-hydrogen) atoms. The fourth-order valence-electron chi connectivity index (χ4n) is 4.20. The molecule has 0 aliphatic carbocycles. The summed E-state index contributed by atoms with van der Waals surface area (Å²) in [6, 6.07) is 16.4. The Morgan fingerprint density at radius 2 is 1.94 bits per heavy atom. The lowest BCUT2D eigenvalue weighted by atomic mass is 10.1. The number of nitrogens with zero attached hydrogens (tertiary/aromatic N) is 3. The number of carbonyl (C=O) groups is 2. The van der Waals surface area contributed by atoms with E-state index in [-0.39, 0.29) is 23.7 Å². The Balaban J connectivity index is 1.25. The number of nitrogens with one attached hydrogen (secondary N) is 1. The van der Waals surface area contributed by atoms with Crippen molar-refractivity contribution in [2.45, 2.75) is 25.9 Å². The molecule has 1 aliphatic heterocycles. The minimum Gasteiger partial charge on any atom is -0.451 e. The van der Waals surface area contributed by atoms with Gasteiger partial charge in [-0.05, 0) is 68.3 Å². The van der Waals surface area contributed by atoms with Gasteiger partial charge in [0.25, 0.3) is 5.91 Å². The van der Waals surface area contributed by atoms with Gasteiger partial charge in [0.2, 0.25) is 0 Å². The number of piperidine rings is 1. The molecule has 0 spiro atoms. The summed E-state index contributed by atoms with van der Waals surface area (Å²) in [5.74, 6) is 0.462. The van der Waals surface area contributed by atoms with E-state index < -0.39 is 0 Å². The number of benzene rings is 1. The number of amides is 2. The average molecular weight is 491 g/mol. The fourth-order valence-corrected chi connectivity index (χ4v) is 5.09. The summed E-state index contributed by atoms with van der Waals surface area (Å²) < 4.78 is 5.89. The Labute approximate surface area is 206 Å². The molecule has 0 saturated carbocycles. The molecule has 1 fully saturated rings. The van der Waals surface area contributed by atoms with Gasteiger partial charge in [-0.3, -0.25) is 14.6 Å². The lowest BCUT2D eigenvalue weighted by Crippen LogP contribution is -2.50. The molecule has 1 aliphatic rings. The van der Waals surface area contributed by atoms with E-state index in [1.54, 1.807) is 35.5 Å². The highest BCUT2D eigenvalue weighted by molar-refractivity contribution is 7.20. The molecular weight excluding hydrogens is 464 g/mol. The van der Waals surface area contributed by atoms with Crippen molar-refractivity contribution in [1.82, 2.24) is 15.0 Å². The normalized spacial score (nSPS) is 14.8. The Bertz CT molecular complexity index is 1310. The van der Waals surface area contributed by atoms with Gasteiger partial charge in [-0.2, -0.15) is 0 Å². The van der Waals surface area contributed by atoms with Crippen LogP contribution in [0.5, 0.6) is 0 Å². The maximum Gasteiger partial charge on any atom is 0.303 e.